The van der Waals surface area contributed by atoms with Gasteiger partial charge in [-0.3, -0.25) is 9.67 Å². The molecule has 4 nitrogen and oxygen atoms in total. The van der Waals surface area contributed by atoms with Crippen LogP contribution in [0.2, 0.25) is 0 Å². The molecule has 1 N–H and O–H groups in total. The monoisotopic (exact) mass is 266 g/mol. The van der Waals surface area contributed by atoms with Crippen LogP contribution in [-0.2, 0) is 0 Å². The van der Waals surface area contributed by atoms with Gasteiger partial charge in [0.1, 0.15) is 0 Å². The first-order chi connectivity index (χ1) is 8.25. The highest BCUT2D eigenvalue weighted by Crippen LogP contribution is 2.29. The van der Waals surface area contributed by atoms with Gasteiger partial charge in [0.05, 0.1) is 10.9 Å². The van der Waals surface area contributed by atoms with E-state index >= 15 is 0 Å². The zero-order valence-corrected chi connectivity index (χ0v) is 11.2. The molecule has 0 spiro atoms. The van der Waals surface area contributed by atoms with E-state index in [2.05, 4.69) is 38.2 Å². The van der Waals surface area contributed by atoms with Gasteiger partial charge in [-0.25, -0.2) is 0 Å². The molecule has 6 heteroatoms. The second kappa shape index (κ2) is 4.36. The molecule has 3 rings (SSSR count). The van der Waals surface area contributed by atoms with Gasteiger partial charge < -0.3 is 4.90 Å². The number of nitrogens with zero attached hydrogens (tertiary/aromatic N) is 3. The number of hydrogen-bond acceptors (Lipinski definition) is 4. The fourth-order valence-electron chi connectivity index (χ4n) is 2.35. The first kappa shape index (κ1) is 11.1. The summed E-state index contributed by atoms with van der Waals surface area (Å²) in [5.74, 6) is 0.977. The number of hydrogen-bond donors (Lipinski definition) is 1. The molecule has 90 valence electrons. The van der Waals surface area contributed by atoms with Crippen molar-refractivity contribution in [3.63, 3.8) is 0 Å². The molecule has 1 unspecified atom stereocenters. The molecule has 1 fully saturated rings. The second-order valence-corrected chi connectivity index (χ2v) is 5.74. The topological polar surface area (TPSA) is 36.9 Å². The van der Waals surface area contributed by atoms with Crippen molar-refractivity contribution < 1.29 is 0 Å². The average Bonchev–Trinajstić information content (AvgIpc) is 2.97. The Morgan fingerprint density at radius 1 is 1.59 bits per heavy atom. The molecule has 0 bridgehead atoms. The fraction of sp³-hybridized carbons (Fsp3) is 0.455. The van der Waals surface area contributed by atoms with Gasteiger partial charge in [-0.1, -0.05) is 6.07 Å². The molecule has 0 amide bonds. The van der Waals surface area contributed by atoms with E-state index in [1.54, 1.807) is 11.3 Å². The van der Waals surface area contributed by atoms with Crippen LogP contribution < -0.4 is 0 Å². The van der Waals surface area contributed by atoms with Crippen molar-refractivity contribution in [1.82, 2.24) is 19.7 Å². The second-order valence-electron chi connectivity index (χ2n) is 4.40. The molecule has 1 atom stereocenters. The Balaban J connectivity index is 2.04. The van der Waals surface area contributed by atoms with Crippen LogP contribution in [-0.4, -0.2) is 39.8 Å². The summed E-state index contributed by atoms with van der Waals surface area (Å²) in [4.78, 5) is 3.50. The standard InChI is InChI=1S/C11H14N4S2/c1-14-5-4-8(7-14)15-10(12-13-11(15)16)9-3-2-6-17-9/h2-3,6,8H,4-5,7H2,1H3,(H,13,16). The van der Waals surface area contributed by atoms with Crippen LogP contribution in [0.3, 0.4) is 0 Å². The van der Waals surface area contributed by atoms with Crippen LogP contribution in [0, 0.1) is 4.77 Å². The molecule has 1 aliphatic heterocycles. The largest absolute Gasteiger partial charge is 0.304 e. The van der Waals surface area contributed by atoms with E-state index in [1.165, 1.54) is 4.88 Å². The van der Waals surface area contributed by atoms with Gasteiger partial charge >= 0.3 is 0 Å². The van der Waals surface area contributed by atoms with E-state index in [9.17, 15) is 0 Å². The zero-order valence-electron chi connectivity index (χ0n) is 9.59. The summed E-state index contributed by atoms with van der Waals surface area (Å²) in [7, 11) is 2.15. The number of thiophene rings is 1. The lowest BCUT2D eigenvalue weighted by atomic mass is 10.2. The Kier molecular flexibility index (Phi) is 2.85. The number of rotatable bonds is 2. The first-order valence-electron chi connectivity index (χ1n) is 5.65. The Hall–Kier alpha value is -0.980. The van der Waals surface area contributed by atoms with Crippen molar-refractivity contribution >= 4 is 23.6 Å². The molecular formula is C11H14N4S2. The molecule has 3 heterocycles. The maximum Gasteiger partial charge on any atom is 0.195 e. The Morgan fingerprint density at radius 2 is 2.47 bits per heavy atom. The van der Waals surface area contributed by atoms with Crippen LogP contribution in [0.1, 0.15) is 12.5 Å². The normalized spacial score (nSPS) is 21.1. The van der Waals surface area contributed by atoms with Crippen molar-refractivity contribution in [3.05, 3.63) is 22.3 Å². The van der Waals surface area contributed by atoms with E-state index in [-0.39, 0.29) is 0 Å². The number of likely N-dealkylation sites (N-methyl/N-ethyl adjacent to an activating group) is 1. The van der Waals surface area contributed by atoms with Crippen LogP contribution in [0.5, 0.6) is 0 Å². The maximum atomic E-state index is 5.35. The molecule has 1 saturated heterocycles. The van der Waals surface area contributed by atoms with E-state index in [4.69, 9.17) is 12.2 Å². The zero-order chi connectivity index (χ0) is 11.8. The van der Waals surface area contributed by atoms with Crippen LogP contribution in [0.15, 0.2) is 17.5 Å². The third-order valence-corrected chi connectivity index (χ3v) is 4.33. The van der Waals surface area contributed by atoms with E-state index in [0.29, 0.717) is 6.04 Å². The van der Waals surface area contributed by atoms with Gasteiger partial charge in [-0.2, -0.15) is 5.10 Å². The Labute approximate surface area is 109 Å². The lowest BCUT2D eigenvalue weighted by Gasteiger charge is -2.13. The highest BCUT2D eigenvalue weighted by molar-refractivity contribution is 7.71. The molecule has 0 radical (unpaired) electrons. The average molecular weight is 266 g/mol. The molecule has 2 aromatic rings. The minimum Gasteiger partial charge on any atom is -0.304 e. The van der Waals surface area contributed by atoms with E-state index in [0.717, 1.165) is 30.1 Å². The first-order valence-corrected chi connectivity index (χ1v) is 6.94. The van der Waals surface area contributed by atoms with E-state index in [1.807, 2.05) is 6.07 Å². The van der Waals surface area contributed by atoms with Gasteiger partial charge in [-0.15, -0.1) is 11.3 Å². The minimum atomic E-state index is 0.448. The Morgan fingerprint density at radius 3 is 3.12 bits per heavy atom. The van der Waals surface area contributed by atoms with Gasteiger partial charge in [0.15, 0.2) is 10.6 Å². The number of aromatic amines is 1. The summed E-state index contributed by atoms with van der Waals surface area (Å²) in [5, 5.41) is 9.35. The van der Waals surface area contributed by atoms with Gasteiger partial charge in [0, 0.05) is 6.54 Å². The third-order valence-electron chi connectivity index (χ3n) is 3.18. The predicted molar refractivity (Wildman–Crippen MR) is 71.9 cm³/mol. The minimum absolute atomic E-state index is 0.448. The van der Waals surface area contributed by atoms with Crippen LogP contribution >= 0.6 is 23.6 Å². The number of H-pyrrole nitrogens is 1. The molecule has 1 aliphatic rings. The molecule has 0 aliphatic carbocycles. The third kappa shape index (κ3) is 1.96. The summed E-state index contributed by atoms with van der Waals surface area (Å²) < 4.78 is 2.90. The number of likely N-dealkylation sites (tertiary alicyclic amines) is 1. The van der Waals surface area contributed by atoms with Gasteiger partial charge in [0.25, 0.3) is 0 Å². The molecule has 0 saturated carbocycles. The lowest BCUT2D eigenvalue weighted by molar-refractivity contribution is 0.392. The van der Waals surface area contributed by atoms with Crippen LogP contribution in [0.25, 0.3) is 10.7 Å². The van der Waals surface area contributed by atoms with Gasteiger partial charge in [0.2, 0.25) is 0 Å². The molecular weight excluding hydrogens is 252 g/mol. The van der Waals surface area contributed by atoms with Crippen molar-refractivity contribution in [1.29, 1.82) is 0 Å². The van der Waals surface area contributed by atoms with Crippen LogP contribution in [0.4, 0.5) is 0 Å². The quantitative estimate of drug-likeness (QED) is 0.849. The summed E-state index contributed by atoms with van der Waals surface area (Å²) in [6.07, 6.45) is 1.14. The number of aromatic nitrogens is 3. The molecule has 17 heavy (non-hydrogen) atoms. The van der Waals surface area contributed by atoms with Gasteiger partial charge in [-0.05, 0) is 43.7 Å². The summed E-state index contributed by atoms with van der Waals surface area (Å²) in [6.45, 7) is 2.17. The predicted octanol–water partition coefficient (Wildman–Crippen LogP) is 2.55. The lowest BCUT2D eigenvalue weighted by Crippen LogP contribution is -2.17. The van der Waals surface area contributed by atoms with E-state index < -0.39 is 0 Å². The van der Waals surface area contributed by atoms with Crippen molar-refractivity contribution in [2.75, 3.05) is 20.1 Å². The summed E-state index contributed by atoms with van der Waals surface area (Å²) in [5.41, 5.74) is 0. The fourth-order valence-corrected chi connectivity index (χ4v) is 3.34. The number of nitrogens with one attached hydrogen (secondary N) is 1. The Bertz CT molecular complexity index is 554. The summed E-state index contributed by atoms with van der Waals surface area (Å²) in [6, 6.07) is 4.58. The maximum absolute atomic E-state index is 5.35. The van der Waals surface area contributed by atoms with Crippen molar-refractivity contribution in [3.8, 4) is 10.7 Å². The molecule has 0 aromatic carbocycles. The van der Waals surface area contributed by atoms with Crippen molar-refractivity contribution in [2.24, 2.45) is 0 Å². The summed E-state index contributed by atoms with van der Waals surface area (Å²) >= 11 is 7.05. The molecule has 2 aromatic heterocycles. The highest BCUT2D eigenvalue weighted by atomic mass is 32.1. The van der Waals surface area contributed by atoms with Crippen molar-refractivity contribution in [2.45, 2.75) is 12.5 Å². The smallest absolute Gasteiger partial charge is 0.195 e. The SMILES string of the molecule is CN1CCC(n2c(-c3cccs3)n[nH]c2=S)C1. The highest BCUT2D eigenvalue weighted by Gasteiger charge is 2.24.